The first-order valence-corrected chi connectivity index (χ1v) is 9.81. The van der Waals surface area contributed by atoms with E-state index >= 15 is 0 Å². The average molecular weight is 379 g/mol. The molecular weight excluding hydrogens is 354 g/mol. The molecule has 6 heteroatoms. The lowest BCUT2D eigenvalue weighted by Gasteiger charge is -2.39. The third-order valence-corrected chi connectivity index (χ3v) is 5.65. The summed E-state index contributed by atoms with van der Waals surface area (Å²) in [5.74, 6) is 0.683. The van der Waals surface area contributed by atoms with E-state index in [1.807, 2.05) is 36.1 Å². The largest absolute Gasteiger partial charge is 0.484 e. The Labute approximate surface area is 164 Å². The van der Waals surface area contributed by atoms with Crippen LogP contribution in [0, 0.1) is 6.92 Å². The Morgan fingerprint density at radius 3 is 2.54 bits per heavy atom. The van der Waals surface area contributed by atoms with Gasteiger partial charge in [-0.15, -0.1) is 0 Å². The van der Waals surface area contributed by atoms with Crippen LogP contribution in [0.25, 0.3) is 0 Å². The highest BCUT2D eigenvalue weighted by Crippen LogP contribution is 2.36. The molecule has 0 saturated carbocycles. The van der Waals surface area contributed by atoms with Crippen LogP contribution < -0.4 is 10.1 Å². The fourth-order valence-corrected chi connectivity index (χ4v) is 4.40. The van der Waals surface area contributed by atoms with Crippen LogP contribution >= 0.6 is 0 Å². The van der Waals surface area contributed by atoms with Crippen molar-refractivity contribution in [3.63, 3.8) is 0 Å². The molecule has 2 aliphatic heterocycles. The van der Waals surface area contributed by atoms with Crippen LogP contribution in [0.15, 0.2) is 48.8 Å². The molecule has 1 unspecified atom stereocenters. The van der Waals surface area contributed by atoms with Crippen molar-refractivity contribution in [2.24, 2.45) is 0 Å². The molecule has 0 aliphatic carbocycles. The summed E-state index contributed by atoms with van der Waals surface area (Å²) in [7, 11) is 0. The van der Waals surface area contributed by atoms with E-state index in [9.17, 15) is 9.59 Å². The van der Waals surface area contributed by atoms with Gasteiger partial charge in [0, 0.05) is 36.1 Å². The van der Waals surface area contributed by atoms with Gasteiger partial charge in [-0.1, -0.05) is 12.1 Å². The predicted octanol–water partition coefficient (Wildman–Crippen LogP) is 2.72. The van der Waals surface area contributed by atoms with Crippen LogP contribution in [0.4, 0.5) is 0 Å². The maximum absolute atomic E-state index is 12.8. The van der Waals surface area contributed by atoms with E-state index in [-0.39, 0.29) is 36.5 Å². The molecule has 2 bridgehead atoms. The van der Waals surface area contributed by atoms with Gasteiger partial charge in [0.1, 0.15) is 5.75 Å². The highest BCUT2D eigenvalue weighted by molar-refractivity contribution is 5.94. The second-order valence-electron chi connectivity index (χ2n) is 7.67. The Balaban J connectivity index is 1.33. The van der Waals surface area contributed by atoms with Gasteiger partial charge in [0.15, 0.2) is 6.61 Å². The maximum atomic E-state index is 12.8. The van der Waals surface area contributed by atoms with Crippen LogP contribution in [0.3, 0.4) is 0 Å². The minimum atomic E-state index is -0.0747. The van der Waals surface area contributed by atoms with E-state index in [2.05, 4.69) is 10.3 Å². The van der Waals surface area contributed by atoms with Gasteiger partial charge in [0.2, 0.25) is 0 Å². The van der Waals surface area contributed by atoms with Crippen LogP contribution in [-0.4, -0.2) is 46.4 Å². The maximum Gasteiger partial charge on any atom is 0.261 e. The number of benzene rings is 1. The number of piperidine rings is 1. The standard InChI is InChI=1S/C22H25N3O3/c1-15-3-2-4-20(11-15)28-14-21(26)25-18-5-6-19(25)13-17(12-18)24-22(27)16-7-9-23-10-8-16/h2-4,7-11,17-19H,5-6,12-14H2,1H3,(H,24,27)/t17?,18-,19+. The van der Waals surface area contributed by atoms with Gasteiger partial charge in [-0.2, -0.15) is 0 Å². The van der Waals surface area contributed by atoms with Crippen molar-refractivity contribution < 1.29 is 14.3 Å². The van der Waals surface area contributed by atoms with E-state index in [1.54, 1.807) is 24.5 Å². The van der Waals surface area contributed by atoms with Crippen molar-refractivity contribution >= 4 is 11.8 Å². The number of nitrogens with zero attached hydrogens (tertiary/aromatic N) is 2. The van der Waals surface area contributed by atoms with Crippen molar-refractivity contribution in [2.75, 3.05) is 6.61 Å². The summed E-state index contributed by atoms with van der Waals surface area (Å²) >= 11 is 0. The van der Waals surface area contributed by atoms with Gasteiger partial charge in [-0.25, -0.2) is 0 Å². The van der Waals surface area contributed by atoms with Crippen molar-refractivity contribution in [1.82, 2.24) is 15.2 Å². The number of ether oxygens (including phenoxy) is 1. The lowest BCUT2D eigenvalue weighted by atomic mass is 9.97. The Hall–Kier alpha value is -2.89. The molecule has 3 heterocycles. The number of carbonyl (C=O) groups is 2. The molecule has 3 atom stereocenters. The molecule has 1 aromatic heterocycles. The number of hydrogen-bond acceptors (Lipinski definition) is 4. The second kappa shape index (κ2) is 8.00. The van der Waals surface area contributed by atoms with Gasteiger partial charge in [-0.3, -0.25) is 14.6 Å². The summed E-state index contributed by atoms with van der Waals surface area (Å²) < 4.78 is 5.71. The summed E-state index contributed by atoms with van der Waals surface area (Å²) in [5, 5.41) is 3.12. The van der Waals surface area contributed by atoms with E-state index in [0.717, 1.165) is 37.0 Å². The molecule has 1 aromatic carbocycles. The number of aromatic nitrogens is 1. The average Bonchev–Trinajstić information content (AvgIpc) is 2.97. The molecule has 2 aliphatic rings. The van der Waals surface area contributed by atoms with Gasteiger partial charge in [-0.05, 0) is 62.4 Å². The van der Waals surface area contributed by atoms with Crippen LogP contribution in [0.2, 0.25) is 0 Å². The van der Waals surface area contributed by atoms with E-state index in [4.69, 9.17) is 4.74 Å². The van der Waals surface area contributed by atoms with Crippen LogP contribution in [0.5, 0.6) is 5.75 Å². The minimum absolute atomic E-state index is 0.0351. The van der Waals surface area contributed by atoms with E-state index in [1.165, 1.54) is 0 Å². The van der Waals surface area contributed by atoms with Gasteiger partial charge in [0.05, 0.1) is 0 Å². The zero-order valence-corrected chi connectivity index (χ0v) is 16.0. The molecule has 2 aromatic rings. The second-order valence-corrected chi connectivity index (χ2v) is 7.67. The first-order chi connectivity index (χ1) is 13.6. The number of pyridine rings is 1. The smallest absolute Gasteiger partial charge is 0.261 e. The summed E-state index contributed by atoms with van der Waals surface area (Å²) in [6, 6.07) is 11.6. The van der Waals surface area contributed by atoms with E-state index in [0.29, 0.717) is 5.56 Å². The Morgan fingerprint density at radius 1 is 1.14 bits per heavy atom. The molecule has 6 nitrogen and oxygen atoms in total. The molecule has 0 radical (unpaired) electrons. The highest BCUT2D eigenvalue weighted by atomic mass is 16.5. The lowest BCUT2D eigenvalue weighted by molar-refractivity contribution is -0.138. The highest BCUT2D eigenvalue weighted by Gasteiger charge is 2.43. The molecule has 146 valence electrons. The number of carbonyl (C=O) groups excluding carboxylic acids is 2. The molecule has 4 rings (SSSR count). The first-order valence-electron chi connectivity index (χ1n) is 9.81. The van der Waals surface area contributed by atoms with Crippen molar-refractivity contribution in [1.29, 1.82) is 0 Å². The Bertz CT molecular complexity index is 841. The monoisotopic (exact) mass is 379 g/mol. The van der Waals surface area contributed by atoms with Crippen molar-refractivity contribution in [3.8, 4) is 5.75 Å². The lowest BCUT2D eigenvalue weighted by Crippen LogP contribution is -2.53. The van der Waals surface area contributed by atoms with Gasteiger partial charge in [0.25, 0.3) is 11.8 Å². The summed E-state index contributed by atoms with van der Waals surface area (Å²) in [6.45, 7) is 2.06. The van der Waals surface area contributed by atoms with Crippen molar-refractivity contribution in [3.05, 3.63) is 59.9 Å². The van der Waals surface area contributed by atoms with Crippen LogP contribution in [0.1, 0.15) is 41.6 Å². The fourth-order valence-electron chi connectivity index (χ4n) is 4.40. The molecule has 2 amide bonds. The van der Waals surface area contributed by atoms with E-state index < -0.39 is 0 Å². The SMILES string of the molecule is Cc1cccc(OCC(=O)N2[C@@H]3CC[C@H]2CC(NC(=O)c2ccncc2)C3)c1. The van der Waals surface area contributed by atoms with Crippen molar-refractivity contribution in [2.45, 2.75) is 50.7 Å². The molecule has 2 saturated heterocycles. The molecule has 1 N–H and O–H groups in total. The van der Waals surface area contributed by atoms with Gasteiger partial charge < -0.3 is 15.0 Å². The number of rotatable bonds is 5. The topological polar surface area (TPSA) is 71.5 Å². The third kappa shape index (κ3) is 4.01. The zero-order chi connectivity index (χ0) is 19.5. The number of hydrogen-bond donors (Lipinski definition) is 1. The Morgan fingerprint density at radius 2 is 1.86 bits per heavy atom. The Kier molecular flexibility index (Phi) is 5.28. The normalized spacial score (nSPS) is 23.3. The minimum Gasteiger partial charge on any atom is -0.484 e. The number of nitrogens with one attached hydrogen (secondary N) is 1. The first kappa shape index (κ1) is 18.5. The number of aryl methyl sites for hydroxylation is 1. The summed E-state index contributed by atoms with van der Waals surface area (Å²) in [4.78, 5) is 31.1. The molecule has 2 fully saturated rings. The van der Waals surface area contributed by atoms with Gasteiger partial charge >= 0.3 is 0 Å². The number of amides is 2. The fraction of sp³-hybridized carbons (Fsp3) is 0.409. The summed E-state index contributed by atoms with van der Waals surface area (Å²) in [5.41, 5.74) is 1.73. The molecule has 28 heavy (non-hydrogen) atoms. The third-order valence-electron chi connectivity index (χ3n) is 5.65. The quantitative estimate of drug-likeness (QED) is 0.867. The zero-order valence-electron chi connectivity index (χ0n) is 16.0. The summed E-state index contributed by atoms with van der Waals surface area (Å²) in [6.07, 6.45) is 6.81. The van der Waals surface area contributed by atoms with Crippen LogP contribution in [-0.2, 0) is 4.79 Å². The molecular formula is C22H25N3O3. The predicted molar refractivity (Wildman–Crippen MR) is 105 cm³/mol. The number of fused-ring (bicyclic) bond motifs is 2. The molecule has 0 spiro atoms.